The first-order valence-corrected chi connectivity index (χ1v) is 12.3. The molecule has 4 rings (SSSR count). The summed E-state index contributed by atoms with van der Waals surface area (Å²) in [4.78, 5) is 15.3. The largest absolute Gasteiger partial charge is 0.497 e. The summed E-state index contributed by atoms with van der Waals surface area (Å²) >= 11 is 0. The van der Waals surface area contributed by atoms with Crippen molar-refractivity contribution in [1.82, 2.24) is 20.4 Å². The van der Waals surface area contributed by atoms with E-state index < -0.39 is 0 Å². The predicted octanol–water partition coefficient (Wildman–Crippen LogP) is 3.64. The van der Waals surface area contributed by atoms with Crippen molar-refractivity contribution in [3.63, 3.8) is 0 Å². The van der Waals surface area contributed by atoms with Crippen molar-refractivity contribution < 1.29 is 9.53 Å². The highest BCUT2D eigenvalue weighted by Gasteiger charge is 2.26. The Balaban J connectivity index is 1.29. The number of nitrogens with zero attached hydrogens (tertiary/aromatic N) is 2. The Morgan fingerprint density at radius 1 is 1.15 bits per heavy atom. The van der Waals surface area contributed by atoms with Gasteiger partial charge in [0.25, 0.3) is 5.91 Å². The second kappa shape index (κ2) is 11.0. The minimum Gasteiger partial charge on any atom is -0.497 e. The van der Waals surface area contributed by atoms with Crippen LogP contribution in [0.4, 0.5) is 5.82 Å². The van der Waals surface area contributed by atoms with E-state index in [2.05, 4.69) is 70.8 Å². The number of aromatic amines is 1. The molecular formula is C27H37N5O2. The quantitative estimate of drug-likeness (QED) is 0.557. The molecule has 0 bridgehead atoms. The monoisotopic (exact) mass is 463 g/mol. The van der Waals surface area contributed by atoms with Crippen LogP contribution in [0.1, 0.15) is 44.0 Å². The topological polar surface area (TPSA) is 82.3 Å². The maximum absolute atomic E-state index is 12.8. The molecule has 2 aromatic rings. The van der Waals surface area contributed by atoms with Gasteiger partial charge in [-0.2, -0.15) is 5.10 Å². The van der Waals surface area contributed by atoms with Gasteiger partial charge in [-0.1, -0.05) is 31.2 Å². The number of carbonyl (C=O) groups excluding carboxylic acids is 1. The molecule has 2 aliphatic rings. The second-order valence-electron chi connectivity index (χ2n) is 9.52. The summed E-state index contributed by atoms with van der Waals surface area (Å²) in [6.45, 7) is 8.65. The van der Waals surface area contributed by atoms with Crippen LogP contribution in [0, 0.1) is 0 Å². The average Bonchev–Trinajstić information content (AvgIpc) is 3.29. The van der Waals surface area contributed by atoms with E-state index in [9.17, 15) is 4.79 Å². The highest BCUT2D eigenvalue weighted by atomic mass is 16.5. The molecule has 0 radical (unpaired) electrons. The first kappa shape index (κ1) is 24.2. The van der Waals surface area contributed by atoms with Gasteiger partial charge in [-0.05, 0) is 62.8 Å². The number of methoxy groups -OCH3 is 1. The molecule has 2 heterocycles. The van der Waals surface area contributed by atoms with E-state index in [0.29, 0.717) is 29.5 Å². The summed E-state index contributed by atoms with van der Waals surface area (Å²) in [5, 5.41) is 13.8. The van der Waals surface area contributed by atoms with E-state index in [1.165, 1.54) is 11.1 Å². The van der Waals surface area contributed by atoms with Gasteiger partial charge in [0.1, 0.15) is 5.75 Å². The maximum Gasteiger partial charge on any atom is 0.256 e. The van der Waals surface area contributed by atoms with Crippen LogP contribution < -0.4 is 15.4 Å². The molecule has 1 aromatic heterocycles. The summed E-state index contributed by atoms with van der Waals surface area (Å²) in [6, 6.07) is 9.61. The van der Waals surface area contributed by atoms with E-state index in [0.717, 1.165) is 50.2 Å². The van der Waals surface area contributed by atoms with Gasteiger partial charge in [-0.15, -0.1) is 0 Å². The summed E-state index contributed by atoms with van der Waals surface area (Å²) < 4.78 is 5.42. The van der Waals surface area contributed by atoms with Gasteiger partial charge in [0.2, 0.25) is 0 Å². The minimum atomic E-state index is -0.116. The van der Waals surface area contributed by atoms with Crippen molar-refractivity contribution in [2.45, 2.75) is 64.6 Å². The third kappa shape index (κ3) is 6.15. The lowest BCUT2D eigenvalue weighted by molar-refractivity contribution is -0.112. The molecule has 7 heteroatoms. The van der Waals surface area contributed by atoms with Crippen LogP contribution >= 0.6 is 0 Å². The Morgan fingerprint density at radius 3 is 2.59 bits per heavy atom. The van der Waals surface area contributed by atoms with Crippen molar-refractivity contribution in [3.05, 3.63) is 64.9 Å². The van der Waals surface area contributed by atoms with E-state index in [1.54, 1.807) is 7.11 Å². The van der Waals surface area contributed by atoms with E-state index >= 15 is 0 Å². The van der Waals surface area contributed by atoms with Gasteiger partial charge in [0, 0.05) is 48.5 Å². The van der Waals surface area contributed by atoms with Gasteiger partial charge in [0.05, 0.1) is 7.11 Å². The van der Waals surface area contributed by atoms with Crippen LogP contribution in [-0.2, 0) is 24.1 Å². The number of carbonyl (C=O) groups is 1. The Hall–Kier alpha value is -2.90. The van der Waals surface area contributed by atoms with Gasteiger partial charge in [-0.25, -0.2) is 0 Å². The SMILES string of the molecule is CCc1cc(CCc2cc(NC(=O)C3=CCC(N4CC(C)NC(C)C4)C=C3)n[nH]2)cc(OC)c1. The van der Waals surface area contributed by atoms with Gasteiger partial charge in [-0.3, -0.25) is 14.8 Å². The number of aryl methyl sites for hydroxylation is 3. The standard InChI is InChI=1S/C27H37N5O2/c1-5-20-12-21(14-25(13-20)34-4)6-9-23-15-26(31-30-23)29-27(33)22-7-10-24(11-8-22)32-16-18(2)28-19(3)17-32/h7-8,10,12-15,18-19,24,28H,5-6,9,11,16-17H2,1-4H3,(H2,29,30,31,33). The number of hydrogen-bond donors (Lipinski definition) is 3. The molecule has 0 saturated carbocycles. The molecule has 3 unspecified atom stereocenters. The number of H-pyrrole nitrogens is 1. The Kier molecular flexibility index (Phi) is 7.85. The summed E-state index contributed by atoms with van der Waals surface area (Å²) in [5.74, 6) is 1.33. The average molecular weight is 464 g/mol. The number of hydrogen-bond acceptors (Lipinski definition) is 5. The lowest BCUT2D eigenvalue weighted by Gasteiger charge is -2.40. The fourth-order valence-electron chi connectivity index (χ4n) is 4.90. The van der Waals surface area contributed by atoms with Crippen LogP contribution in [0.5, 0.6) is 5.75 Å². The summed E-state index contributed by atoms with van der Waals surface area (Å²) in [6.07, 6.45) is 9.66. The lowest BCUT2D eigenvalue weighted by atomic mass is 9.99. The Labute approximate surface area is 202 Å². The molecule has 1 fully saturated rings. The van der Waals surface area contributed by atoms with Crippen LogP contribution in [0.2, 0.25) is 0 Å². The molecule has 182 valence electrons. The minimum absolute atomic E-state index is 0.116. The van der Waals surface area contributed by atoms with Gasteiger partial charge >= 0.3 is 0 Å². The third-order valence-corrected chi connectivity index (χ3v) is 6.62. The molecule has 1 amide bonds. The molecule has 1 aliphatic carbocycles. The summed E-state index contributed by atoms with van der Waals surface area (Å²) in [7, 11) is 1.70. The number of aromatic nitrogens is 2. The van der Waals surface area contributed by atoms with Crippen LogP contribution in [0.3, 0.4) is 0 Å². The number of amides is 1. The molecule has 3 N–H and O–H groups in total. The number of piperazine rings is 1. The first-order valence-electron chi connectivity index (χ1n) is 12.3. The zero-order valence-electron chi connectivity index (χ0n) is 20.7. The molecular weight excluding hydrogens is 426 g/mol. The fraction of sp³-hybridized carbons (Fsp3) is 0.481. The normalized spacial score (nSPS) is 22.9. The molecule has 1 saturated heterocycles. The molecule has 0 spiro atoms. The van der Waals surface area contributed by atoms with Crippen LogP contribution in [-0.4, -0.2) is 59.3 Å². The van der Waals surface area contributed by atoms with Crippen molar-refractivity contribution >= 4 is 11.7 Å². The lowest BCUT2D eigenvalue weighted by Crippen LogP contribution is -2.56. The van der Waals surface area contributed by atoms with Crippen molar-refractivity contribution in [3.8, 4) is 5.75 Å². The highest BCUT2D eigenvalue weighted by Crippen LogP contribution is 2.21. The van der Waals surface area contributed by atoms with E-state index in [4.69, 9.17) is 4.74 Å². The molecule has 1 aliphatic heterocycles. The maximum atomic E-state index is 12.8. The molecule has 7 nitrogen and oxygen atoms in total. The number of rotatable bonds is 8. The third-order valence-electron chi connectivity index (χ3n) is 6.62. The van der Waals surface area contributed by atoms with Crippen molar-refractivity contribution in [1.29, 1.82) is 0 Å². The van der Waals surface area contributed by atoms with Crippen molar-refractivity contribution in [2.75, 3.05) is 25.5 Å². The number of anilines is 1. The zero-order valence-corrected chi connectivity index (χ0v) is 20.7. The number of ether oxygens (including phenoxy) is 1. The fourth-order valence-corrected chi connectivity index (χ4v) is 4.90. The Bertz CT molecular complexity index is 1020. The van der Waals surface area contributed by atoms with Crippen LogP contribution in [0.25, 0.3) is 0 Å². The van der Waals surface area contributed by atoms with Crippen LogP contribution in [0.15, 0.2) is 48.1 Å². The number of nitrogens with one attached hydrogen (secondary N) is 3. The molecule has 34 heavy (non-hydrogen) atoms. The second-order valence-corrected chi connectivity index (χ2v) is 9.52. The predicted molar refractivity (Wildman–Crippen MR) is 136 cm³/mol. The van der Waals surface area contributed by atoms with Crippen molar-refractivity contribution in [2.24, 2.45) is 0 Å². The molecule has 1 aromatic carbocycles. The highest BCUT2D eigenvalue weighted by molar-refractivity contribution is 6.05. The number of benzene rings is 1. The van der Waals surface area contributed by atoms with Gasteiger partial charge < -0.3 is 15.4 Å². The zero-order chi connectivity index (χ0) is 24.1. The first-order chi connectivity index (χ1) is 16.4. The van der Waals surface area contributed by atoms with E-state index in [1.807, 2.05) is 18.2 Å². The molecule has 3 atom stereocenters. The Morgan fingerprint density at radius 2 is 1.91 bits per heavy atom. The van der Waals surface area contributed by atoms with E-state index in [-0.39, 0.29) is 5.91 Å². The summed E-state index contributed by atoms with van der Waals surface area (Å²) in [5.41, 5.74) is 4.19. The van der Waals surface area contributed by atoms with Gasteiger partial charge in [0.15, 0.2) is 5.82 Å². The smallest absolute Gasteiger partial charge is 0.256 e.